The van der Waals surface area contributed by atoms with Gasteiger partial charge in [0.05, 0.1) is 6.10 Å². The highest BCUT2D eigenvalue weighted by molar-refractivity contribution is 4.91. The molecular formula is C11H20O2. The predicted octanol–water partition coefficient (Wildman–Crippen LogP) is 1.96. The smallest absolute Gasteiger partial charge is 0.0545 e. The van der Waals surface area contributed by atoms with Crippen molar-refractivity contribution in [2.24, 2.45) is 11.3 Å². The molecule has 0 spiro atoms. The minimum atomic E-state index is -0.0344. The normalized spacial score (nSPS) is 42.5. The lowest BCUT2D eigenvalue weighted by atomic mass is 9.72. The fourth-order valence-electron chi connectivity index (χ4n) is 3.00. The van der Waals surface area contributed by atoms with Crippen molar-refractivity contribution >= 4 is 0 Å². The van der Waals surface area contributed by atoms with Crippen LogP contribution in [0.5, 0.6) is 0 Å². The molecule has 1 saturated carbocycles. The summed E-state index contributed by atoms with van der Waals surface area (Å²) in [5.74, 6) is 0.790. The molecule has 1 saturated heterocycles. The largest absolute Gasteiger partial charge is 0.393 e. The van der Waals surface area contributed by atoms with Crippen LogP contribution in [0.15, 0.2) is 0 Å². The minimum Gasteiger partial charge on any atom is -0.393 e. The molecule has 0 aromatic rings. The van der Waals surface area contributed by atoms with E-state index in [1.165, 1.54) is 19.3 Å². The van der Waals surface area contributed by atoms with E-state index in [1.54, 1.807) is 0 Å². The standard InChI is InChI=1S/C11H20O2/c1-11(5-2-10(12)8-11)9-3-6-13-7-4-9/h9-10,12H,2-8H2,1H3. The van der Waals surface area contributed by atoms with E-state index >= 15 is 0 Å². The van der Waals surface area contributed by atoms with Crippen LogP contribution in [0.3, 0.4) is 0 Å². The molecule has 1 heterocycles. The number of aliphatic hydroxyl groups excluding tert-OH is 1. The first kappa shape index (κ1) is 9.47. The zero-order chi connectivity index (χ0) is 9.31. The molecule has 0 radical (unpaired) electrons. The summed E-state index contributed by atoms with van der Waals surface area (Å²) in [4.78, 5) is 0. The highest BCUT2D eigenvalue weighted by Crippen LogP contribution is 2.47. The Bertz CT molecular complexity index is 175. The topological polar surface area (TPSA) is 29.5 Å². The Balaban J connectivity index is 1.97. The number of hydrogen-bond acceptors (Lipinski definition) is 2. The Morgan fingerprint density at radius 1 is 1.23 bits per heavy atom. The van der Waals surface area contributed by atoms with E-state index in [0.29, 0.717) is 5.41 Å². The Hall–Kier alpha value is -0.0800. The summed E-state index contributed by atoms with van der Waals surface area (Å²) >= 11 is 0. The SMILES string of the molecule is CC1(C2CCOCC2)CCC(O)C1. The molecule has 2 atom stereocenters. The Kier molecular flexibility index (Phi) is 2.61. The van der Waals surface area contributed by atoms with Crippen LogP contribution in [-0.4, -0.2) is 24.4 Å². The molecule has 2 aliphatic rings. The highest BCUT2D eigenvalue weighted by Gasteiger charge is 2.40. The van der Waals surface area contributed by atoms with Crippen LogP contribution in [-0.2, 0) is 4.74 Å². The lowest BCUT2D eigenvalue weighted by Gasteiger charge is -2.36. The Labute approximate surface area is 80.3 Å². The Morgan fingerprint density at radius 2 is 1.92 bits per heavy atom. The molecular weight excluding hydrogens is 164 g/mol. The van der Waals surface area contributed by atoms with Crippen molar-refractivity contribution in [1.29, 1.82) is 0 Å². The molecule has 1 N–H and O–H groups in total. The van der Waals surface area contributed by atoms with Gasteiger partial charge in [0.25, 0.3) is 0 Å². The fraction of sp³-hybridized carbons (Fsp3) is 1.00. The second-order valence-electron chi connectivity index (χ2n) is 4.94. The first-order valence-electron chi connectivity index (χ1n) is 5.46. The van der Waals surface area contributed by atoms with Crippen molar-refractivity contribution in [2.75, 3.05) is 13.2 Å². The van der Waals surface area contributed by atoms with Gasteiger partial charge in [0, 0.05) is 13.2 Å². The van der Waals surface area contributed by atoms with Gasteiger partial charge >= 0.3 is 0 Å². The summed E-state index contributed by atoms with van der Waals surface area (Å²) in [6.07, 6.45) is 5.59. The van der Waals surface area contributed by atoms with Crippen molar-refractivity contribution < 1.29 is 9.84 Å². The number of ether oxygens (including phenoxy) is 1. The van der Waals surface area contributed by atoms with E-state index in [0.717, 1.165) is 32.0 Å². The van der Waals surface area contributed by atoms with E-state index in [9.17, 15) is 5.11 Å². The number of hydrogen-bond donors (Lipinski definition) is 1. The van der Waals surface area contributed by atoms with E-state index < -0.39 is 0 Å². The second-order valence-corrected chi connectivity index (χ2v) is 4.94. The van der Waals surface area contributed by atoms with Gasteiger partial charge in [-0.3, -0.25) is 0 Å². The van der Waals surface area contributed by atoms with Crippen LogP contribution in [0.4, 0.5) is 0 Å². The zero-order valence-corrected chi connectivity index (χ0v) is 8.46. The van der Waals surface area contributed by atoms with Gasteiger partial charge in [0.15, 0.2) is 0 Å². The van der Waals surface area contributed by atoms with E-state index in [-0.39, 0.29) is 6.10 Å². The fourth-order valence-corrected chi connectivity index (χ4v) is 3.00. The van der Waals surface area contributed by atoms with Crippen molar-refractivity contribution in [2.45, 2.75) is 45.1 Å². The molecule has 2 heteroatoms. The van der Waals surface area contributed by atoms with Gasteiger partial charge in [-0.1, -0.05) is 6.92 Å². The van der Waals surface area contributed by atoms with E-state index in [1.807, 2.05) is 0 Å². The third-order valence-electron chi connectivity index (χ3n) is 3.96. The van der Waals surface area contributed by atoms with Gasteiger partial charge < -0.3 is 9.84 Å². The number of rotatable bonds is 1. The van der Waals surface area contributed by atoms with Crippen molar-refractivity contribution in [3.8, 4) is 0 Å². The summed E-state index contributed by atoms with van der Waals surface area (Å²) in [5, 5.41) is 9.56. The molecule has 2 unspecified atom stereocenters. The van der Waals surface area contributed by atoms with Crippen molar-refractivity contribution in [3.05, 3.63) is 0 Å². The molecule has 1 aliphatic heterocycles. The van der Waals surface area contributed by atoms with Crippen LogP contribution in [0.1, 0.15) is 39.0 Å². The maximum Gasteiger partial charge on any atom is 0.0545 e. The lowest BCUT2D eigenvalue weighted by molar-refractivity contribution is 0.0135. The molecule has 0 bridgehead atoms. The van der Waals surface area contributed by atoms with Gasteiger partial charge in [-0.05, 0) is 43.4 Å². The Morgan fingerprint density at radius 3 is 2.46 bits per heavy atom. The van der Waals surface area contributed by atoms with Gasteiger partial charge in [-0.15, -0.1) is 0 Å². The van der Waals surface area contributed by atoms with E-state index in [2.05, 4.69) is 6.92 Å². The first-order valence-corrected chi connectivity index (χ1v) is 5.46. The summed E-state index contributed by atoms with van der Waals surface area (Å²) in [5.41, 5.74) is 0.406. The van der Waals surface area contributed by atoms with Crippen LogP contribution in [0.25, 0.3) is 0 Å². The molecule has 1 aliphatic carbocycles. The summed E-state index contributed by atoms with van der Waals surface area (Å²) in [6, 6.07) is 0. The molecule has 2 rings (SSSR count). The van der Waals surface area contributed by atoms with Crippen molar-refractivity contribution in [3.63, 3.8) is 0 Å². The van der Waals surface area contributed by atoms with Crippen molar-refractivity contribution in [1.82, 2.24) is 0 Å². The maximum absolute atomic E-state index is 9.56. The minimum absolute atomic E-state index is 0.0344. The monoisotopic (exact) mass is 184 g/mol. The van der Waals surface area contributed by atoms with Gasteiger partial charge in [0.2, 0.25) is 0 Å². The molecule has 13 heavy (non-hydrogen) atoms. The molecule has 76 valence electrons. The third-order valence-corrected chi connectivity index (χ3v) is 3.96. The predicted molar refractivity (Wildman–Crippen MR) is 51.5 cm³/mol. The van der Waals surface area contributed by atoms with Gasteiger partial charge in [-0.25, -0.2) is 0 Å². The number of aliphatic hydroxyl groups is 1. The average molecular weight is 184 g/mol. The zero-order valence-electron chi connectivity index (χ0n) is 8.46. The summed E-state index contributed by atoms with van der Waals surface area (Å²) in [6.45, 7) is 4.20. The van der Waals surface area contributed by atoms with Crippen LogP contribution in [0, 0.1) is 11.3 Å². The summed E-state index contributed by atoms with van der Waals surface area (Å²) < 4.78 is 5.37. The first-order chi connectivity index (χ1) is 6.21. The lowest BCUT2D eigenvalue weighted by Crippen LogP contribution is -2.30. The molecule has 2 nitrogen and oxygen atoms in total. The van der Waals surface area contributed by atoms with Crippen LogP contribution >= 0.6 is 0 Å². The second kappa shape index (κ2) is 3.58. The highest BCUT2D eigenvalue weighted by atomic mass is 16.5. The molecule has 0 aromatic carbocycles. The van der Waals surface area contributed by atoms with Crippen LogP contribution in [0.2, 0.25) is 0 Å². The van der Waals surface area contributed by atoms with E-state index in [4.69, 9.17) is 4.74 Å². The molecule has 2 fully saturated rings. The molecule has 0 amide bonds. The average Bonchev–Trinajstić information content (AvgIpc) is 2.49. The van der Waals surface area contributed by atoms with Gasteiger partial charge in [-0.2, -0.15) is 0 Å². The summed E-state index contributed by atoms with van der Waals surface area (Å²) in [7, 11) is 0. The molecule has 0 aromatic heterocycles. The van der Waals surface area contributed by atoms with Crippen LogP contribution < -0.4 is 0 Å². The maximum atomic E-state index is 9.56. The van der Waals surface area contributed by atoms with Gasteiger partial charge in [0.1, 0.15) is 0 Å². The quantitative estimate of drug-likeness (QED) is 0.675. The third kappa shape index (κ3) is 1.89.